The SMILES string of the molecule is CC1CCCN1C(CN)c1cccc(F)c1. The van der Waals surface area contributed by atoms with Crippen LogP contribution in [-0.2, 0) is 0 Å². The Hall–Kier alpha value is -0.930. The summed E-state index contributed by atoms with van der Waals surface area (Å²) in [5, 5.41) is 0. The van der Waals surface area contributed by atoms with Crippen molar-refractivity contribution in [3.63, 3.8) is 0 Å². The van der Waals surface area contributed by atoms with Crippen LogP contribution in [0.15, 0.2) is 24.3 Å². The fourth-order valence-corrected chi connectivity index (χ4v) is 2.60. The highest BCUT2D eigenvalue weighted by Gasteiger charge is 2.27. The van der Waals surface area contributed by atoms with Crippen molar-refractivity contribution >= 4 is 0 Å². The number of benzene rings is 1. The highest BCUT2D eigenvalue weighted by Crippen LogP contribution is 2.28. The van der Waals surface area contributed by atoms with Gasteiger partial charge < -0.3 is 5.73 Å². The summed E-state index contributed by atoms with van der Waals surface area (Å²) >= 11 is 0. The van der Waals surface area contributed by atoms with Gasteiger partial charge in [0.05, 0.1) is 0 Å². The van der Waals surface area contributed by atoms with Gasteiger partial charge in [-0.2, -0.15) is 0 Å². The molecule has 16 heavy (non-hydrogen) atoms. The predicted molar refractivity (Wildman–Crippen MR) is 63.6 cm³/mol. The van der Waals surface area contributed by atoms with Crippen molar-refractivity contribution in [3.05, 3.63) is 35.6 Å². The van der Waals surface area contributed by atoms with E-state index in [0.29, 0.717) is 12.6 Å². The van der Waals surface area contributed by atoms with Gasteiger partial charge in [0.2, 0.25) is 0 Å². The largest absolute Gasteiger partial charge is 0.329 e. The molecule has 1 aromatic carbocycles. The topological polar surface area (TPSA) is 29.3 Å². The van der Waals surface area contributed by atoms with Gasteiger partial charge in [-0.3, -0.25) is 4.90 Å². The molecule has 2 atom stereocenters. The molecule has 1 aliphatic rings. The first-order valence-electron chi connectivity index (χ1n) is 5.93. The maximum Gasteiger partial charge on any atom is 0.123 e. The van der Waals surface area contributed by atoms with Crippen molar-refractivity contribution in [3.8, 4) is 0 Å². The number of halogens is 1. The van der Waals surface area contributed by atoms with Gasteiger partial charge in [-0.1, -0.05) is 12.1 Å². The molecule has 0 bridgehead atoms. The van der Waals surface area contributed by atoms with E-state index in [1.54, 1.807) is 12.1 Å². The Morgan fingerprint density at radius 2 is 2.38 bits per heavy atom. The van der Waals surface area contributed by atoms with E-state index >= 15 is 0 Å². The molecule has 1 aliphatic heterocycles. The fraction of sp³-hybridized carbons (Fsp3) is 0.538. The normalized spacial score (nSPS) is 23.6. The van der Waals surface area contributed by atoms with Gasteiger partial charge in [-0.15, -0.1) is 0 Å². The van der Waals surface area contributed by atoms with Crippen LogP contribution in [0.5, 0.6) is 0 Å². The zero-order valence-electron chi connectivity index (χ0n) is 9.70. The van der Waals surface area contributed by atoms with Gasteiger partial charge in [0.1, 0.15) is 5.82 Å². The number of rotatable bonds is 3. The van der Waals surface area contributed by atoms with E-state index in [9.17, 15) is 4.39 Å². The van der Waals surface area contributed by atoms with E-state index in [1.807, 2.05) is 6.07 Å². The lowest BCUT2D eigenvalue weighted by atomic mass is 10.0. The standard InChI is InChI=1S/C13H19FN2/c1-10-4-3-7-16(10)13(9-15)11-5-2-6-12(14)8-11/h2,5-6,8,10,13H,3-4,7,9,15H2,1H3. The highest BCUT2D eigenvalue weighted by atomic mass is 19.1. The Labute approximate surface area is 96.2 Å². The molecule has 1 heterocycles. The summed E-state index contributed by atoms with van der Waals surface area (Å²) in [6.07, 6.45) is 2.43. The van der Waals surface area contributed by atoms with E-state index in [0.717, 1.165) is 12.1 Å². The molecule has 0 spiro atoms. The van der Waals surface area contributed by atoms with Crippen molar-refractivity contribution < 1.29 is 4.39 Å². The van der Waals surface area contributed by atoms with Gasteiger partial charge >= 0.3 is 0 Å². The van der Waals surface area contributed by atoms with Crippen molar-refractivity contribution in [2.75, 3.05) is 13.1 Å². The Morgan fingerprint density at radius 1 is 1.56 bits per heavy atom. The third-order valence-corrected chi connectivity index (χ3v) is 3.46. The fourth-order valence-electron chi connectivity index (χ4n) is 2.60. The molecule has 1 aromatic rings. The molecule has 0 aromatic heterocycles. The van der Waals surface area contributed by atoms with Crippen molar-refractivity contribution in [1.29, 1.82) is 0 Å². The molecule has 3 heteroatoms. The number of likely N-dealkylation sites (tertiary alicyclic amines) is 1. The maximum atomic E-state index is 13.2. The lowest BCUT2D eigenvalue weighted by Gasteiger charge is -2.30. The van der Waals surface area contributed by atoms with Gasteiger partial charge in [0.15, 0.2) is 0 Å². The van der Waals surface area contributed by atoms with Crippen LogP contribution in [-0.4, -0.2) is 24.0 Å². The van der Waals surface area contributed by atoms with Crippen LogP contribution in [0.25, 0.3) is 0 Å². The molecule has 0 amide bonds. The third kappa shape index (κ3) is 2.25. The summed E-state index contributed by atoms with van der Waals surface area (Å²) in [6.45, 7) is 3.84. The van der Waals surface area contributed by atoms with Crippen LogP contribution in [0, 0.1) is 5.82 Å². The summed E-state index contributed by atoms with van der Waals surface area (Å²) in [4.78, 5) is 2.38. The van der Waals surface area contributed by atoms with E-state index < -0.39 is 0 Å². The monoisotopic (exact) mass is 222 g/mol. The van der Waals surface area contributed by atoms with Crippen LogP contribution in [0.2, 0.25) is 0 Å². The van der Waals surface area contributed by atoms with Crippen molar-refractivity contribution in [1.82, 2.24) is 4.90 Å². The summed E-state index contributed by atoms with van der Waals surface area (Å²) in [7, 11) is 0. The van der Waals surface area contributed by atoms with Crippen LogP contribution >= 0.6 is 0 Å². The molecule has 2 N–H and O–H groups in total. The van der Waals surface area contributed by atoms with Crippen LogP contribution in [0.4, 0.5) is 4.39 Å². The first kappa shape index (κ1) is 11.6. The smallest absolute Gasteiger partial charge is 0.123 e. The third-order valence-electron chi connectivity index (χ3n) is 3.46. The number of hydrogen-bond acceptors (Lipinski definition) is 2. The number of nitrogens with two attached hydrogens (primary N) is 1. The molecule has 1 fully saturated rings. The first-order chi connectivity index (χ1) is 7.72. The van der Waals surface area contributed by atoms with E-state index in [-0.39, 0.29) is 11.9 Å². The highest BCUT2D eigenvalue weighted by molar-refractivity contribution is 5.21. The maximum absolute atomic E-state index is 13.2. The quantitative estimate of drug-likeness (QED) is 0.850. The second-order valence-corrected chi connectivity index (χ2v) is 4.54. The Balaban J connectivity index is 2.21. The first-order valence-corrected chi connectivity index (χ1v) is 5.93. The molecular formula is C13H19FN2. The Kier molecular flexibility index (Phi) is 3.56. The molecule has 2 nitrogen and oxygen atoms in total. The zero-order valence-corrected chi connectivity index (χ0v) is 9.70. The summed E-state index contributed by atoms with van der Waals surface area (Å²) < 4.78 is 13.2. The Morgan fingerprint density at radius 3 is 2.94 bits per heavy atom. The molecule has 1 saturated heterocycles. The van der Waals surface area contributed by atoms with Crippen LogP contribution in [0.3, 0.4) is 0 Å². The van der Waals surface area contributed by atoms with E-state index in [4.69, 9.17) is 5.73 Å². The van der Waals surface area contributed by atoms with Gasteiger partial charge in [-0.25, -0.2) is 4.39 Å². The molecule has 0 radical (unpaired) electrons. The molecule has 2 unspecified atom stereocenters. The minimum atomic E-state index is -0.178. The zero-order chi connectivity index (χ0) is 11.5. The van der Waals surface area contributed by atoms with E-state index in [2.05, 4.69) is 11.8 Å². The molecule has 2 rings (SSSR count). The molecule has 88 valence electrons. The van der Waals surface area contributed by atoms with E-state index in [1.165, 1.54) is 18.9 Å². The van der Waals surface area contributed by atoms with Gasteiger partial charge in [0, 0.05) is 18.6 Å². The summed E-state index contributed by atoms with van der Waals surface area (Å²) in [5.41, 5.74) is 6.83. The average Bonchev–Trinajstić information content (AvgIpc) is 2.67. The minimum absolute atomic E-state index is 0.160. The molecular weight excluding hydrogens is 203 g/mol. The summed E-state index contributed by atoms with van der Waals surface area (Å²) in [5.74, 6) is -0.178. The summed E-state index contributed by atoms with van der Waals surface area (Å²) in [6, 6.07) is 7.51. The van der Waals surface area contributed by atoms with Crippen LogP contribution in [0.1, 0.15) is 31.4 Å². The predicted octanol–water partition coefficient (Wildman–Crippen LogP) is 2.31. The minimum Gasteiger partial charge on any atom is -0.329 e. The van der Waals surface area contributed by atoms with Crippen molar-refractivity contribution in [2.24, 2.45) is 5.73 Å². The number of hydrogen-bond donors (Lipinski definition) is 1. The van der Waals surface area contributed by atoms with Crippen molar-refractivity contribution in [2.45, 2.75) is 31.8 Å². The lowest BCUT2D eigenvalue weighted by molar-refractivity contribution is 0.195. The van der Waals surface area contributed by atoms with Crippen LogP contribution < -0.4 is 5.73 Å². The second kappa shape index (κ2) is 4.93. The second-order valence-electron chi connectivity index (χ2n) is 4.54. The molecule has 0 saturated carbocycles. The van der Waals surface area contributed by atoms with Gasteiger partial charge in [0.25, 0.3) is 0 Å². The molecule has 0 aliphatic carbocycles. The Bertz CT molecular complexity index is 354. The number of nitrogens with zero attached hydrogens (tertiary/aromatic N) is 1. The average molecular weight is 222 g/mol. The van der Waals surface area contributed by atoms with Gasteiger partial charge in [-0.05, 0) is 44.0 Å². The lowest BCUT2D eigenvalue weighted by Crippen LogP contribution is -2.36.